The number of carbonyl (C=O) groups is 1. The van der Waals surface area contributed by atoms with Crippen molar-refractivity contribution in [1.82, 2.24) is 20.2 Å². The van der Waals surface area contributed by atoms with Crippen LogP contribution in [0.25, 0.3) is 20.7 Å². The predicted molar refractivity (Wildman–Crippen MR) is 119 cm³/mol. The normalized spacial score (nSPS) is 14.3. The van der Waals surface area contributed by atoms with E-state index in [4.69, 9.17) is 0 Å². The van der Waals surface area contributed by atoms with Crippen LogP contribution in [0.2, 0.25) is 0 Å². The molecule has 0 radical (unpaired) electrons. The van der Waals surface area contributed by atoms with Crippen molar-refractivity contribution < 1.29 is 4.79 Å². The van der Waals surface area contributed by atoms with Gasteiger partial charge < -0.3 is 15.5 Å². The molecule has 3 aromatic rings. The van der Waals surface area contributed by atoms with Crippen LogP contribution in [-0.4, -0.2) is 53.5 Å². The summed E-state index contributed by atoms with van der Waals surface area (Å²) >= 11 is 1.63. The number of nitrogens with one attached hydrogen (secondary N) is 2. The van der Waals surface area contributed by atoms with E-state index >= 15 is 0 Å². The van der Waals surface area contributed by atoms with Gasteiger partial charge in [0, 0.05) is 11.4 Å². The molecule has 7 heteroatoms. The van der Waals surface area contributed by atoms with Crippen LogP contribution in [0.15, 0.2) is 42.7 Å². The summed E-state index contributed by atoms with van der Waals surface area (Å²) in [6.07, 6.45) is 6.36. The highest BCUT2D eigenvalue weighted by molar-refractivity contribution is 7.21. The molecule has 1 fully saturated rings. The monoisotopic (exact) mass is 409 g/mol. The second kappa shape index (κ2) is 9.80. The van der Waals surface area contributed by atoms with E-state index in [2.05, 4.69) is 43.7 Å². The molecule has 2 aromatic heterocycles. The number of likely N-dealkylation sites (tertiary alicyclic amines) is 1. The maximum absolute atomic E-state index is 12.2. The lowest BCUT2D eigenvalue weighted by molar-refractivity contribution is -0.119. The van der Waals surface area contributed by atoms with Gasteiger partial charge in [-0.05, 0) is 56.9 Å². The number of thiophene rings is 1. The molecule has 0 bridgehead atoms. The molecule has 0 aliphatic carbocycles. The van der Waals surface area contributed by atoms with Gasteiger partial charge in [-0.3, -0.25) is 4.79 Å². The fourth-order valence-electron chi connectivity index (χ4n) is 3.66. The van der Waals surface area contributed by atoms with Crippen molar-refractivity contribution in [3.05, 3.63) is 42.7 Å². The smallest absolute Gasteiger partial charge is 0.239 e. The average molecular weight is 410 g/mol. The first-order chi connectivity index (χ1) is 14.3. The highest BCUT2D eigenvalue weighted by atomic mass is 32.1. The van der Waals surface area contributed by atoms with Gasteiger partial charge in [-0.25, -0.2) is 9.97 Å². The van der Waals surface area contributed by atoms with Gasteiger partial charge in [-0.2, -0.15) is 0 Å². The zero-order valence-electron chi connectivity index (χ0n) is 16.6. The molecule has 2 N–H and O–H groups in total. The third-order valence-corrected chi connectivity index (χ3v) is 6.32. The van der Waals surface area contributed by atoms with Crippen molar-refractivity contribution >= 4 is 33.3 Å². The molecule has 29 heavy (non-hydrogen) atoms. The van der Waals surface area contributed by atoms with Crippen molar-refractivity contribution in [1.29, 1.82) is 0 Å². The SMILES string of the molecule is O=C(CNc1ncnc2sc(-c3ccccc3)cc12)NCCCCN1CCCC1. The number of benzene rings is 1. The summed E-state index contributed by atoms with van der Waals surface area (Å²) in [4.78, 5) is 25.5. The van der Waals surface area contributed by atoms with E-state index < -0.39 is 0 Å². The van der Waals surface area contributed by atoms with Crippen molar-refractivity contribution in [2.24, 2.45) is 0 Å². The lowest BCUT2D eigenvalue weighted by Gasteiger charge is -2.14. The number of aromatic nitrogens is 2. The summed E-state index contributed by atoms with van der Waals surface area (Å²) in [5.74, 6) is 0.703. The molecular formula is C22H27N5OS. The molecule has 0 saturated carbocycles. The van der Waals surface area contributed by atoms with E-state index in [9.17, 15) is 4.79 Å². The molecule has 1 aromatic carbocycles. The summed E-state index contributed by atoms with van der Waals surface area (Å²) in [6, 6.07) is 12.3. The predicted octanol–water partition coefficient (Wildman–Crippen LogP) is 3.76. The van der Waals surface area contributed by atoms with E-state index in [1.807, 2.05) is 18.2 Å². The number of carbonyl (C=O) groups excluding carboxylic acids is 1. The Morgan fingerprint density at radius 1 is 1.10 bits per heavy atom. The van der Waals surface area contributed by atoms with E-state index in [1.165, 1.54) is 25.9 Å². The third-order valence-electron chi connectivity index (χ3n) is 5.23. The van der Waals surface area contributed by atoms with Crippen molar-refractivity contribution in [3.8, 4) is 10.4 Å². The van der Waals surface area contributed by atoms with E-state index in [1.54, 1.807) is 17.7 Å². The molecule has 1 amide bonds. The van der Waals surface area contributed by atoms with Gasteiger partial charge in [0.05, 0.1) is 11.9 Å². The number of fused-ring (bicyclic) bond motifs is 1. The number of hydrogen-bond donors (Lipinski definition) is 2. The van der Waals surface area contributed by atoms with Crippen LogP contribution in [0.1, 0.15) is 25.7 Å². The van der Waals surface area contributed by atoms with Gasteiger partial charge in [0.2, 0.25) is 5.91 Å². The van der Waals surface area contributed by atoms with Gasteiger partial charge in [-0.15, -0.1) is 11.3 Å². The molecule has 0 unspecified atom stereocenters. The topological polar surface area (TPSA) is 70.1 Å². The Hall–Kier alpha value is -2.51. The fourth-order valence-corrected chi connectivity index (χ4v) is 4.67. The summed E-state index contributed by atoms with van der Waals surface area (Å²) in [7, 11) is 0. The lowest BCUT2D eigenvalue weighted by Crippen LogP contribution is -2.31. The first-order valence-corrected chi connectivity index (χ1v) is 11.1. The lowest BCUT2D eigenvalue weighted by atomic mass is 10.2. The number of anilines is 1. The first kappa shape index (κ1) is 19.8. The Kier molecular flexibility index (Phi) is 6.69. The molecule has 1 aliphatic heterocycles. The van der Waals surface area contributed by atoms with E-state index in [0.717, 1.165) is 46.6 Å². The Bertz CT molecular complexity index is 937. The summed E-state index contributed by atoms with van der Waals surface area (Å²) in [5, 5.41) is 7.12. The minimum Gasteiger partial charge on any atom is -0.360 e. The molecule has 1 aliphatic rings. The highest BCUT2D eigenvalue weighted by Gasteiger charge is 2.12. The van der Waals surface area contributed by atoms with Gasteiger partial charge in [0.25, 0.3) is 0 Å². The van der Waals surface area contributed by atoms with Crippen LogP contribution < -0.4 is 10.6 Å². The second-order valence-corrected chi connectivity index (χ2v) is 8.41. The quantitative estimate of drug-likeness (QED) is 0.527. The van der Waals surface area contributed by atoms with Gasteiger partial charge in [-0.1, -0.05) is 30.3 Å². The second-order valence-electron chi connectivity index (χ2n) is 7.38. The minimum atomic E-state index is -0.00329. The standard InChI is InChI=1S/C22H27N5OS/c28-20(23-10-4-5-11-27-12-6-7-13-27)15-24-21-18-14-19(17-8-2-1-3-9-17)29-22(18)26-16-25-21/h1-3,8-9,14,16H,4-7,10-13,15H2,(H,23,28)(H,24,25,26). The largest absolute Gasteiger partial charge is 0.360 e. The molecular weight excluding hydrogens is 382 g/mol. The van der Waals surface area contributed by atoms with E-state index in [0.29, 0.717) is 5.82 Å². The van der Waals surface area contributed by atoms with Gasteiger partial charge in [0.15, 0.2) is 0 Å². The minimum absolute atomic E-state index is 0.00329. The zero-order valence-corrected chi connectivity index (χ0v) is 17.4. The average Bonchev–Trinajstić information content (AvgIpc) is 3.42. The Labute approximate surface area is 175 Å². The molecule has 152 valence electrons. The van der Waals surface area contributed by atoms with Crippen molar-refractivity contribution in [2.75, 3.05) is 38.0 Å². The summed E-state index contributed by atoms with van der Waals surface area (Å²) < 4.78 is 0. The van der Waals surface area contributed by atoms with Gasteiger partial charge >= 0.3 is 0 Å². The van der Waals surface area contributed by atoms with Gasteiger partial charge in [0.1, 0.15) is 17.0 Å². The van der Waals surface area contributed by atoms with Crippen LogP contribution in [-0.2, 0) is 4.79 Å². The van der Waals surface area contributed by atoms with Crippen molar-refractivity contribution in [2.45, 2.75) is 25.7 Å². The number of unbranched alkanes of at least 4 members (excludes halogenated alkanes) is 1. The molecule has 3 heterocycles. The molecule has 1 saturated heterocycles. The molecule has 0 spiro atoms. The Morgan fingerprint density at radius 3 is 2.76 bits per heavy atom. The maximum Gasteiger partial charge on any atom is 0.239 e. The number of nitrogens with zero attached hydrogens (tertiary/aromatic N) is 3. The van der Waals surface area contributed by atoms with E-state index in [-0.39, 0.29) is 12.5 Å². The fraction of sp³-hybridized carbons (Fsp3) is 0.409. The maximum atomic E-state index is 12.2. The van der Waals surface area contributed by atoms with Crippen LogP contribution >= 0.6 is 11.3 Å². The molecule has 0 atom stereocenters. The number of hydrogen-bond acceptors (Lipinski definition) is 6. The summed E-state index contributed by atoms with van der Waals surface area (Å²) in [5.41, 5.74) is 1.16. The molecule has 4 rings (SSSR count). The summed E-state index contributed by atoms with van der Waals surface area (Å²) in [6.45, 7) is 4.56. The van der Waals surface area contributed by atoms with Crippen LogP contribution in [0.4, 0.5) is 5.82 Å². The van der Waals surface area contributed by atoms with Crippen molar-refractivity contribution in [3.63, 3.8) is 0 Å². The van der Waals surface area contributed by atoms with Crippen LogP contribution in [0.5, 0.6) is 0 Å². The Balaban J connectivity index is 1.26. The zero-order chi connectivity index (χ0) is 19.9. The highest BCUT2D eigenvalue weighted by Crippen LogP contribution is 2.34. The molecule has 6 nitrogen and oxygen atoms in total. The Morgan fingerprint density at radius 2 is 1.93 bits per heavy atom. The number of rotatable bonds is 9. The van der Waals surface area contributed by atoms with Crippen LogP contribution in [0.3, 0.4) is 0 Å². The first-order valence-electron chi connectivity index (χ1n) is 10.3. The number of amides is 1. The van der Waals surface area contributed by atoms with Crippen LogP contribution in [0, 0.1) is 0 Å². The third kappa shape index (κ3) is 5.31.